The summed E-state index contributed by atoms with van der Waals surface area (Å²) in [6.45, 7) is 1.88. The fraction of sp³-hybridized carbons (Fsp3) is 0.200. The summed E-state index contributed by atoms with van der Waals surface area (Å²) in [4.78, 5) is 13.0. The molecule has 25 heavy (non-hydrogen) atoms. The molecule has 1 N–H and O–H groups in total. The highest BCUT2D eigenvalue weighted by atomic mass is 19.1. The Balaban J connectivity index is 1.89. The van der Waals surface area contributed by atoms with Gasteiger partial charge in [0.25, 0.3) is 0 Å². The van der Waals surface area contributed by atoms with E-state index in [1.165, 1.54) is 24.3 Å². The van der Waals surface area contributed by atoms with E-state index >= 15 is 0 Å². The number of anilines is 1. The van der Waals surface area contributed by atoms with Gasteiger partial charge in [0, 0.05) is 24.3 Å². The highest BCUT2D eigenvalue weighted by Gasteiger charge is 2.14. The Kier molecular flexibility index (Phi) is 4.80. The van der Waals surface area contributed by atoms with E-state index in [0.717, 1.165) is 31.6 Å². The number of halogens is 1. The number of aromatic carboxylic acids is 1. The number of carbonyl (C=O) groups is 1. The zero-order chi connectivity index (χ0) is 17.8. The first kappa shape index (κ1) is 16.7. The second kappa shape index (κ2) is 7.18. The van der Waals surface area contributed by atoms with Crippen LogP contribution in [0.1, 0.15) is 34.3 Å². The molecule has 4 nitrogen and oxygen atoms in total. The predicted octanol–water partition coefficient (Wildman–Crippen LogP) is 4.19. The largest absolute Gasteiger partial charge is 0.478 e. The number of allylic oxidation sites excluding steroid dienone is 1. The molecule has 0 bridgehead atoms. The summed E-state index contributed by atoms with van der Waals surface area (Å²) in [6, 6.07) is 13.0. The second-order valence-corrected chi connectivity index (χ2v) is 5.95. The van der Waals surface area contributed by atoms with Crippen LogP contribution in [0, 0.1) is 17.1 Å². The van der Waals surface area contributed by atoms with Crippen molar-refractivity contribution in [2.45, 2.75) is 12.8 Å². The summed E-state index contributed by atoms with van der Waals surface area (Å²) >= 11 is 0. The molecule has 1 heterocycles. The van der Waals surface area contributed by atoms with Crippen LogP contribution in [0.5, 0.6) is 0 Å². The van der Waals surface area contributed by atoms with Gasteiger partial charge in [-0.2, -0.15) is 5.26 Å². The highest BCUT2D eigenvalue weighted by molar-refractivity contribution is 5.92. The molecule has 1 aliphatic heterocycles. The first-order chi connectivity index (χ1) is 12.1. The molecular weight excluding hydrogens is 319 g/mol. The van der Waals surface area contributed by atoms with E-state index in [4.69, 9.17) is 5.11 Å². The Morgan fingerprint density at radius 2 is 1.76 bits per heavy atom. The van der Waals surface area contributed by atoms with Crippen LogP contribution in [0.3, 0.4) is 0 Å². The summed E-state index contributed by atoms with van der Waals surface area (Å²) in [6.07, 6.45) is 3.72. The maximum absolute atomic E-state index is 14.4. The average molecular weight is 336 g/mol. The molecule has 0 aromatic heterocycles. The highest BCUT2D eigenvalue weighted by Crippen LogP contribution is 2.25. The zero-order valence-corrected chi connectivity index (χ0v) is 13.6. The van der Waals surface area contributed by atoms with Crippen LogP contribution in [-0.2, 0) is 0 Å². The van der Waals surface area contributed by atoms with Crippen LogP contribution < -0.4 is 4.90 Å². The smallest absolute Gasteiger partial charge is 0.335 e. The van der Waals surface area contributed by atoms with E-state index in [9.17, 15) is 14.4 Å². The van der Waals surface area contributed by atoms with E-state index < -0.39 is 5.97 Å². The fourth-order valence-corrected chi connectivity index (χ4v) is 2.93. The number of nitriles is 1. The lowest BCUT2D eigenvalue weighted by molar-refractivity contribution is 0.0697. The fourth-order valence-electron chi connectivity index (χ4n) is 2.93. The first-order valence-electron chi connectivity index (χ1n) is 8.08. The number of nitrogens with zero attached hydrogens (tertiary/aromatic N) is 2. The molecule has 3 rings (SSSR count). The molecule has 0 spiro atoms. The Bertz CT molecular complexity index is 860. The third-order valence-electron chi connectivity index (χ3n) is 4.32. The van der Waals surface area contributed by atoms with Crippen molar-refractivity contribution in [3.05, 3.63) is 65.0 Å². The van der Waals surface area contributed by atoms with E-state index in [1.807, 2.05) is 12.1 Å². The number of carboxylic acids is 1. The molecule has 0 atom stereocenters. The van der Waals surface area contributed by atoms with Crippen molar-refractivity contribution in [1.82, 2.24) is 0 Å². The van der Waals surface area contributed by atoms with Gasteiger partial charge < -0.3 is 10.0 Å². The minimum atomic E-state index is -1.03. The van der Waals surface area contributed by atoms with Gasteiger partial charge in [-0.25, -0.2) is 9.18 Å². The quantitative estimate of drug-likeness (QED) is 0.672. The minimum Gasteiger partial charge on any atom is -0.478 e. The molecule has 0 amide bonds. The lowest BCUT2D eigenvalue weighted by atomic mass is 10.0. The standard InChI is InChI=1S/C20H17FN2O2/c21-19-12-18(23-9-1-2-10-23)8-7-16(19)11-17(13-22)14-3-5-15(6-4-14)20(24)25/h3-8,11-12H,1-2,9-10H2,(H,24,25). The molecular formula is C20H17FN2O2. The summed E-state index contributed by atoms with van der Waals surface area (Å²) in [7, 11) is 0. The molecule has 2 aromatic carbocycles. The van der Waals surface area contributed by atoms with Gasteiger partial charge in [0.15, 0.2) is 0 Å². The molecule has 126 valence electrons. The lowest BCUT2D eigenvalue weighted by Gasteiger charge is -2.17. The SMILES string of the molecule is N#CC(=Cc1ccc(N2CCCC2)cc1F)c1ccc(C(=O)O)cc1. The third kappa shape index (κ3) is 3.69. The Morgan fingerprint density at radius 1 is 1.12 bits per heavy atom. The maximum atomic E-state index is 14.4. The molecule has 0 aliphatic carbocycles. The van der Waals surface area contributed by atoms with Crippen LogP contribution in [0.4, 0.5) is 10.1 Å². The van der Waals surface area contributed by atoms with E-state index in [1.54, 1.807) is 18.2 Å². The van der Waals surface area contributed by atoms with Gasteiger partial charge >= 0.3 is 5.97 Å². The average Bonchev–Trinajstić information content (AvgIpc) is 3.15. The van der Waals surface area contributed by atoms with Gasteiger partial charge in [0.1, 0.15) is 5.82 Å². The molecule has 0 unspecified atom stereocenters. The minimum absolute atomic E-state index is 0.141. The van der Waals surface area contributed by atoms with Crippen molar-refractivity contribution in [2.75, 3.05) is 18.0 Å². The normalized spacial score (nSPS) is 14.4. The van der Waals surface area contributed by atoms with Gasteiger partial charge in [-0.1, -0.05) is 12.1 Å². The zero-order valence-electron chi connectivity index (χ0n) is 13.6. The van der Waals surface area contributed by atoms with Crippen molar-refractivity contribution >= 4 is 23.3 Å². The second-order valence-electron chi connectivity index (χ2n) is 5.95. The van der Waals surface area contributed by atoms with E-state index in [2.05, 4.69) is 4.90 Å². The topological polar surface area (TPSA) is 64.3 Å². The van der Waals surface area contributed by atoms with Gasteiger partial charge in [-0.3, -0.25) is 0 Å². The van der Waals surface area contributed by atoms with Crippen molar-refractivity contribution < 1.29 is 14.3 Å². The van der Waals surface area contributed by atoms with Crippen molar-refractivity contribution in [3.63, 3.8) is 0 Å². The molecule has 0 radical (unpaired) electrons. The van der Waals surface area contributed by atoms with Crippen molar-refractivity contribution in [1.29, 1.82) is 5.26 Å². The van der Waals surface area contributed by atoms with Crippen LogP contribution >= 0.6 is 0 Å². The number of benzene rings is 2. The first-order valence-corrected chi connectivity index (χ1v) is 8.08. The monoisotopic (exact) mass is 336 g/mol. The van der Waals surface area contributed by atoms with Crippen LogP contribution in [0.25, 0.3) is 11.6 Å². The summed E-state index contributed by atoms with van der Waals surface area (Å²) in [5, 5.41) is 18.3. The number of hydrogen-bond donors (Lipinski definition) is 1. The Morgan fingerprint density at radius 3 is 2.32 bits per heavy atom. The molecule has 1 aliphatic rings. The Labute approximate surface area is 145 Å². The van der Waals surface area contributed by atoms with Crippen molar-refractivity contribution in [2.24, 2.45) is 0 Å². The predicted molar refractivity (Wildman–Crippen MR) is 94.7 cm³/mol. The van der Waals surface area contributed by atoms with Gasteiger partial charge in [-0.15, -0.1) is 0 Å². The summed E-state index contributed by atoms with van der Waals surface area (Å²) in [5.41, 5.74) is 2.17. The van der Waals surface area contributed by atoms with Gasteiger partial charge in [0.2, 0.25) is 0 Å². The molecule has 2 aromatic rings. The van der Waals surface area contributed by atoms with E-state index in [0.29, 0.717) is 11.1 Å². The van der Waals surface area contributed by atoms with Crippen LogP contribution in [-0.4, -0.2) is 24.2 Å². The third-order valence-corrected chi connectivity index (χ3v) is 4.32. The summed E-state index contributed by atoms with van der Waals surface area (Å²) in [5.74, 6) is -1.41. The molecule has 1 fully saturated rings. The number of rotatable bonds is 4. The van der Waals surface area contributed by atoms with E-state index in [-0.39, 0.29) is 17.0 Å². The van der Waals surface area contributed by atoms with Crippen LogP contribution in [0.15, 0.2) is 42.5 Å². The van der Waals surface area contributed by atoms with Gasteiger partial charge in [-0.05, 0) is 54.8 Å². The summed E-state index contributed by atoms with van der Waals surface area (Å²) < 4.78 is 14.4. The number of carboxylic acid groups (broad SMARTS) is 1. The Hall–Kier alpha value is -3.13. The van der Waals surface area contributed by atoms with Crippen LogP contribution in [0.2, 0.25) is 0 Å². The molecule has 1 saturated heterocycles. The maximum Gasteiger partial charge on any atom is 0.335 e. The molecule has 5 heteroatoms. The van der Waals surface area contributed by atoms with Gasteiger partial charge in [0.05, 0.1) is 17.2 Å². The number of hydrogen-bond acceptors (Lipinski definition) is 3. The van der Waals surface area contributed by atoms with Crippen molar-refractivity contribution in [3.8, 4) is 6.07 Å². The lowest BCUT2D eigenvalue weighted by Crippen LogP contribution is -2.17. The molecule has 0 saturated carbocycles.